The van der Waals surface area contributed by atoms with Gasteiger partial charge in [0.2, 0.25) is 5.79 Å². The van der Waals surface area contributed by atoms with Crippen LogP contribution in [0.15, 0.2) is 24.3 Å². The molecule has 3 fully saturated rings. The second-order valence-corrected chi connectivity index (χ2v) is 9.28. The van der Waals surface area contributed by atoms with Gasteiger partial charge in [0, 0.05) is 19.1 Å². The van der Waals surface area contributed by atoms with Gasteiger partial charge in [-0.15, -0.1) is 0 Å². The molecule has 9 atom stereocenters. The van der Waals surface area contributed by atoms with Crippen LogP contribution < -0.4 is 5.73 Å². The molecule has 0 spiro atoms. The molecule has 15 heteroatoms. The molecular formula is C23H29N5O10. The highest BCUT2D eigenvalue weighted by Gasteiger charge is 2.67. The van der Waals surface area contributed by atoms with Gasteiger partial charge in [-0.1, -0.05) is 6.08 Å². The van der Waals surface area contributed by atoms with E-state index in [1.165, 1.54) is 32.8 Å². The van der Waals surface area contributed by atoms with Crippen molar-refractivity contribution in [1.82, 2.24) is 19.5 Å². The summed E-state index contributed by atoms with van der Waals surface area (Å²) in [4.78, 5) is 37.5. The summed E-state index contributed by atoms with van der Waals surface area (Å²) in [6.45, 7) is 3.14. The monoisotopic (exact) mass is 535 g/mol. The lowest BCUT2D eigenvalue weighted by molar-refractivity contribution is -0.397. The van der Waals surface area contributed by atoms with Gasteiger partial charge in [0.15, 0.2) is 29.9 Å². The fraction of sp³-hybridized carbons (Fsp3) is 0.609. The van der Waals surface area contributed by atoms with Crippen molar-refractivity contribution in [2.24, 2.45) is 0 Å². The Morgan fingerprint density at radius 3 is 2.71 bits per heavy atom. The molecule has 3 aliphatic heterocycles. The number of hydrogen-bond donors (Lipinski definition) is 3. The Morgan fingerprint density at radius 2 is 2.03 bits per heavy atom. The second-order valence-electron chi connectivity index (χ2n) is 9.28. The third kappa shape index (κ3) is 4.02. The SMILES string of the molecule is C/C=C(\C)C(=O)O[C@@H]1[C@H](O)[C@@H](C(=O)OC)O[C@@H]2C[C@H]3O[C@@H](n4cnc5c(N)ncnc54)[C@H](OC)[C@H]3O[C@@]12O. The van der Waals surface area contributed by atoms with E-state index in [2.05, 4.69) is 15.0 Å². The molecule has 38 heavy (non-hydrogen) atoms. The molecule has 4 N–H and O–H groups in total. The Kier molecular flexibility index (Phi) is 6.83. The normalized spacial score (nSPS) is 36.9. The number of ether oxygens (including phenoxy) is 6. The Bertz CT molecular complexity index is 1270. The number of allylic oxidation sites excluding steroid dienone is 1. The minimum Gasteiger partial charge on any atom is -0.467 e. The number of nitrogens with zero attached hydrogens (tertiary/aromatic N) is 4. The zero-order valence-electron chi connectivity index (χ0n) is 21.1. The third-order valence-corrected chi connectivity index (χ3v) is 7.21. The van der Waals surface area contributed by atoms with E-state index in [-0.39, 0.29) is 17.8 Å². The highest BCUT2D eigenvalue weighted by Crippen LogP contribution is 2.47. The van der Waals surface area contributed by atoms with E-state index in [0.29, 0.717) is 11.2 Å². The number of aliphatic hydroxyl groups is 2. The summed E-state index contributed by atoms with van der Waals surface area (Å²) >= 11 is 0. The van der Waals surface area contributed by atoms with E-state index in [0.717, 1.165) is 7.11 Å². The molecule has 15 nitrogen and oxygen atoms in total. The lowest BCUT2D eigenvalue weighted by Crippen LogP contribution is -2.73. The van der Waals surface area contributed by atoms with Crippen LogP contribution in [0.5, 0.6) is 0 Å². The van der Waals surface area contributed by atoms with E-state index in [4.69, 9.17) is 34.2 Å². The van der Waals surface area contributed by atoms with E-state index in [9.17, 15) is 19.8 Å². The molecule has 3 aliphatic rings. The standard InChI is InChI=1S/C23H29N5O10/c1-5-9(2)21(30)37-17-13(29)15(22(31)34-4)36-11-6-10-14(38-23(11,17)32)16(33-3)20(35-10)28-8-27-12-18(24)25-7-26-19(12)28/h5,7-8,10-11,13-17,20,29,32H,6H2,1-4H3,(H2,24,25,26)/b9-5+/t10-,11-,13-,14+,15+,16-,17-,20-,23-/m1/s1. The van der Waals surface area contributed by atoms with Crippen LogP contribution in [0, 0.1) is 0 Å². The zero-order valence-corrected chi connectivity index (χ0v) is 21.1. The van der Waals surface area contributed by atoms with Crippen LogP contribution in [0.4, 0.5) is 5.82 Å². The minimum atomic E-state index is -2.35. The van der Waals surface area contributed by atoms with Gasteiger partial charge < -0.3 is 44.4 Å². The van der Waals surface area contributed by atoms with E-state index >= 15 is 0 Å². The van der Waals surface area contributed by atoms with Crippen molar-refractivity contribution < 1.29 is 48.2 Å². The predicted molar refractivity (Wildman–Crippen MR) is 125 cm³/mol. The van der Waals surface area contributed by atoms with Gasteiger partial charge in [-0.05, 0) is 13.8 Å². The number of esters is 2. The number of aromatic nitrogens is 4. The van der Waals surface area contributed by atoms with Crippen LogP contribution in [0.25, 0.3) is 11.2 Å². The summed E-state index contributed by atoms with van der Waals surface area (Å²) in [6, 6.07) is 0. The van der Waals surface area contributed by atoms with Crippen molar-refractivity contribution >= 4 is 28.9 Å². The van der Waals surface area contributed by atoms with Crippen LogP contribution in [0.1, 0.15) is 26.5 Å². The van der Waals surface area contributed by atoms with Crippen LogP contribution in [0.2, 0.25) is 0 Å². The number of carbonyl (C=O) groups excluding carboxylic acids is 2. The van der Waals surface area contributed by atoms with Gasteiger partial charge in [-0.2, -0.15) is 0 Å². The molecule has 0 radical (unpaired) electrons. The van der Waals surface area contributed by atoms with Gasteiger partial charge >= 0.3 is 11.9 Å². The fourth-order valence-electron chi connectivity index (χ4n) is 5.10. The maximum atomic E-state index is 12.7. The third-order valence-electron chi connectivity index (χ3n) is 7.21. The van der Waals surface area contributed by atoms with Gasteiger partial charge in [-0.25, -0.2) is 24.5 Å². The minimum absolute atomic E-state index is 0.00184. The maximum Gasteiger partial charge on any atom is 0.337 e. The smallest absolute Gasteiger partial charge is 0.337 e. The molecule has 0 aromatic carbocycles. The number of methoxy groups -OCH3 is 2. The van der Waals surface area contributed by atoms with Crippen molar-refractivity contribution in [3.8, 4) is 0 Å². The molecule has 0 aliphatic carbocycles. The quantitative estimate of drug-likeness (QED) is 0.310. The van der Waals surface area contributed by atoms with Gasteiger partial charge in [-0.3, -0.25) is 4.57 Å². The molecule has 0 bridgehead atoms. The summed E-state index contributed by atoms with van der Waals surface area (Å²) in [5, 5.41) is 22.7. The Balaban J connectivity index is 1.50. The molecule has 206 valence electrons. The molecule has 0 unspecified atom stereocenters. The topological polar surface area (TPSA) is 200 Å². The first-order chi connectivity index (χ1) is 18.1. The number of rotatable bonds is 5. The summed E-state index contributed by atoms with van der Waals surface area (Å²) in [5.74, 6) is -3.89. The molecule has 3 saturated heterocycles. The van der Waals surface area contributed by atoms with E-state index < -0.39 is 66.7 Å². The Labute approximate surface area is 216 Å². The van der Waals surface area contributed by atoms with E-state index in [1.54, 1.807) is 11.5 Å². The molecule has 5 rings (SSSR count). The molecule has 5 heterocycles. The number of aliphatic hydroxyl groups excluding tert-OH is 1. The first-order valence-electron chi connectivity index (χ1n) is 11.9. The number of carbonyl (C=O) groups is 2. The first kappa shape index (κ1) is 26.4. The number of hydrogen-bond acceptors (Lipinski definition) is 14. The van der Waals surface area contributed by atoms with Crippen LogP contribution >= 0.6 is 0 Å². The van der Waals surface area contributed by atoms with Crippen molar-refractivity contribution in [3.05, 3.63) is 24.3 Å². The number of nitrogen functional groups attached to an aromatic ring is 1. The predicted octanol–water partition coefficient (Wildman–Crippen LogP) is -1.02. The first-order valence-corrected chi connectivity index (χ1v) is 11.9. The second kappa shape index (κ2) is 9.83. The van der Waals surface area contributed by atoms with Gasteiger partial charge in [0.1, 0.15) is 36.3 Å². The number of imidazole rings is 1. The maximum absolute atomic E-state index is 12.7. The Morgan fingerprint density at radius 1 is 1.26 bits per heavy atom. The van der Waals surface area contributed by atoms with E-state index in [1.807, 2.05) is 0 Å². The number of nitrogens with two attached hydrogens (primary N) is 1. The lowest BCUT2D eigenvalue weighted by Gasteiger charge is -2.52. The average molecular weight is 536 g/mol. The van der Waals surface area contributed by atoms with Crippen molar-refractivity contribution in [2.75, 3.05) is 20.0 Å². The highest BCUT2D eigenvalue weighted by molar-refractivity contribution is 5.88. The van der Waals surface area contributed by atoms with Crippen LogP contribution in [-0.2, 0) is 38.0 Å². The lowest BCUT2D eigenvalue weighted by atomic mass is 9.84. The molecular weight excluding hydrogens is 506 g/mol. The summed E-state index contributed by atoms with van der Waals surface area (Å²) in [6.07, 6.45) is -5.25. The van der Waals surface area contributed by atoms with Crippen molar-refractivity contribution in [1.29, 1.82) is 0 Å². The van der Waals surface area contributed by atoms with Crippen molar-refractivity contribution in [2.45, 2.75) is 75.0 Å². The molecule has 0 saturated carbocycles. The summed E-state index contributed by atoms with van der Waals surface area (Å²) in [7, 11) is 2.56. The van der Waals surface area contributed by atoms with Crippen molar-refractivity contribution in [3.63, 3.8) is 0 Å². The molecule has 2 aromatic heterocycles. The number of anilines is 1. The number of fused-ring (bicyclic) bond motifs is 3. The molecule has 0 amide bonds. The van der Waals surface area contributed by atoms with Crippen LogP contribution in [-0.4, -0.2) is 104 Å². The van der Waals surface area contributed by atoms with Gasteiger partial charge in [0.05, 0.1) is 19.5 Å². The van der Waals surface area contributed by atoms with Crippen LogP contribution in [0.3, 0.4) is 0 Å². The average Bonchev–Trinajstić information content (AvgIpc) is 3.49. The van der Waals surface area contributed by atoms with Gasteiger partial charge in [0.25, 0.3) is 0 Å². The summed E-state index contributed by atoms with van der Waals surface area (Å²) in [5.41, 5.74) is 6.90. The summed E-state index contributed by atoms with van der Waals surface area (Å²) < 4.78 is 35.7. The largest absolute Gasteiger partial charge is 0.467 e. The Hall–Kier alpha value is -3.21. The fourth-order valence-corrected chi connectivity index (χ4v) is 5.10. The highest BCUT2D eigenvalue weighted by atomic mass is 16.7. The zero-order chi connectivity index (χ0) is 27.4. The molecule has 2 aromatic rings.